The Morgan fingerprint density at radius 2 is 1.83 bits per heavy atom. The predicted molar refractivity (Wildman–Crippen MR) is 129 cm³/mol. The van der Waals surface area contributed by atoms with Crippen LogP contribution in [-0.2, 0) is 22.6 Å². The number of carbonyl (C=O) groups excluding carboxylic acids is 2. The smallest absolute Gasteiger partial charge is 0.409 e. The maximum atomic E-state index is 12.6. The number of ketones is 1. The molecule has 0 unspecified atom stereocenters. The first-order chi connectivity index (χ1) is 16.9. The number of aryl methyl sites for hydroxylation is 1. The van der Waals surface area contributed by atoms with Crippen molar-refractivity contribution in [2.45, 2.75) is 38.0 Å². The van der Waals surface area contributed by atoms with Crippen molar-refractivity contribution in [3.05, 3.63) is 70.3 Å². The van der Waals surface area contributed by atoms with E-state index in [1.807, 2.05) is 24.3 Å². The van der Waals surface area contributed by atoms with E-state index in [2.05, 4.69) is 25.8 Å². The Kier molecular flexibility index (Phi) is 9.21. The van der Waals surface area contributed by atoms with Gasteiger partial charge in [0.2, 0.25) is 0 Å². The highest BCUT2D eigenvalue weighted by Gasteiger charge is 2.40. The van der Waals surface area contributed by atoms with Crippen LogP contribution in [-0.4, -0.2) is 50.3 Å². The summed E-state index contributed by atoms with van der Waals surface area (Å²) < 4.78 is 5.02. The molecule has 0 aliphatic heterocycles. The molecule has 3 rings (SSSR count). The van der Waals surface area contributed by atoms with Crippen LogP contribution in [0.5, 0.6) is 0 Å². The van der Waals surface area contributed by atoms with Gasteiger partial charge in [-0.15, -0.1) is 10.2 Å². The standard InChI is InChI=1S/C23H26N6O5S/c24-23(21(31)32,27-22(33)34-15-16-8-2-1-3-9-16)14-17(30)20-29-28-19(35-20)11-5-7-13-26-18-10-4-6-12-25-18/h1-4,6,8-10,12H,5,7,11,13-15,24H2,(H,25,26)(H,27,33)(H,31,32)/t23-/m0/s1. The average Bonchev–Trinajstić information content (AvgIpc) is 3.33. The van der Waals surface area contributed by atoms with E-state index in [4.69, 9.17) is 10.5 Å². The van der Waals surface area contributed by atoms with Crippen LogP contribution in [0.3, 0.4) is 0 Å². The fraction of sp³-hybridized carbons (Fsp3) is 0.304. The van der Waals surface area contributed by atoms with Gasteiger partial charge in [-0.3, -0.25) is 15.8 Å². The molecule has 0 radical (unpaired) electrons. The SMILES string of the molecule is N[C@@](CC(=O)c1nnc(CCCCNc2ccccn2)s1)(NC(=O)OCc1ccccc1)C(=O)O. The molecule has 2 heterocycles. The summed E-state index contributed by atoms with van der Waals surface area (Å²) in [6.07, 6.45) is 2.25. The normalized spacial score (nSPS) is 12.4. The van der Waals surface area contributed by atoms with Crippen molar-refractivity contribution in [1.29, 1.82) is 0 Å². The first-order valence-electron chi connectivity index (χ1n) is 10.9. The molecule has 0 bridgehead atoms. The number of nitrogens with one attached hydrogen (secondary N) is 2. The van der Waals surface area contributed by atoms with Crippen LogP contribution in [0, 0.1) is 0 Å². The third-order valence-electron chi connectivity index (χ3n) is 4.85. The predicted octanol–water partition coefficient (Wildman–Crippen LogP) is 2.61. The Bertz CT molecular complexity index is 1130. The number of carbonyl (C=O) groups is 3. The molecule has 0 aliphatic carbocycles. The van der Waals surface area contributed by atoms with Gasteiger partial charge in [-0.05, 0) is 30.5 Å². The van der Waals surface area contributed by atoms with Gasteiger partial charge in [-0.25, -0.2) is 14.6 Å². The highest BCUT2D eigenvalue weighted by molar-refractivity contribution is 7.13. The molecule has 2 aromatic heterocycles. The number of anilines is 1. The fourth-order valence-electron chi connectivity index (χ4n) is 3.00. The van der Waals surface area contributed by atoms with Gasteiger partial charge in [0.15, 0.2) is 16.5 Å². The molecule has 0 saturated carbocycles. The summed E-state index contributed by atoms with van der Waals surface area (Å²) in [6, 6.07) is 14.5. The molecule has 0 saturated heterocycles. The molecule has 0 aliphatic rings. The van der Waals surface area contributed by atoms with Gasteiger partial charge in [0, 0.05) is 19.2 Å². The lowest BCUT2D eigenvalue weighted by Gasteiger charge is -2.24. The number of unbranched alkanes of at least 4 members (excludes halogenated alkanes) is 1. The summed E-state index contributed by atoms with van der Waals surface area (Å²) in [6.45, 7) is 0.662. The van der Waals surface area contributed by atoms with Crippen molar-refractivity contribution in [3.63, 3.8) is 0 Å². The van der Waals surface area contributed by atoms with Gasteiger partial charge in [-0.2, -0.15) is 0 Å². The molecule has 1 atom stereocenters. The molecule has 11 nitrogen and oxygen atoms in total. The summed E-state index contributed by atoms with van der Waals surface area (Å²) in [5.74, 6) is -1.41. The minimum atomic E-state index is -2.35. The van der Waals surface area contributed by atoms with E-state index in [0.29, 0.717) is 17.0 Å². The van der Waals surface area contributed by atoms with E-state index in [1.54, 1.807) is 30.5 Å². The van der Waals surface area contributed by atoms with Gasteiger partial charge in [-0.1, -0.05) is 47.7 Å². The lowest BCUT2D eigenvalue weighted by molar-refractivity contribution is -0.144. The van der Waals surface area contributed by atoms with Crippen molar-refractivity contribution in [1.82, 2.24) is 20.5 Å². The summed E-state index contributed by atoms with van der Waals surface area (Å²) >= 11 is 1.08. The zero-order chi connectivity index (χ0) is 25.1. The molecule has 184 valence electrons. The summed E-state index contributed by atoms with van der Waals surface area (Å²) in [5.41, 5.74) is 4.19. The van der Waals surface area contributed by atoms with Crippen LogP contribution in [0.4, 0.5) is 10.6 Å². The van der Waals surface area contributed by atoms with Gasteiger partial charge in [0.1, 0.15) is 17.4 Å². The molecule has 0 spiro atoms. The van der Waals surface area contributed by atoms with Crippen LogP contribution in [0.15, 0.2) is 54.7 Å². The lowest BCUT2D eigenvalue weighted by Crippen LogP contribution is -2.62. The molecule has 12 heteroatoms. The first-order valence-corrected chi connectivity index (χ1v) is 11.7. The van der Waals surface area contributed by atoms with E-state index in [9.17, 15) is 19.5 Å². The number of aromatic nitrogens is 3. The van der Waals surface area contributed by atoms with Crippen molar-refractivity contribution in [2.24, 2.45) is 5.73 Å². The fourth-order valence-corrected chi connectivity index (χ4v) is 3.81. The molecule has 0 fully saturated rings. The van der Waals surface area contributed by atoms with Crippen molar-refractivity contribution in [3.8, 4) is 0 Å². The maximum Gasteiger partial charge on any atom is 0.409 e. The van der Waals surface area contributed by atoms with Crippen LogP contribution in [0.1, 0.15) is 39.6 Å². The van der Waals surface area contributed by atoms with Gasteiger partial charge in [0.25, 0.3) is 0 Å². The van der Waals surface area contributed by atoms with E-state index < -0.39 is 29.9 Å². The number of nitrogens with two attached hydrogens (primary N) is 1. The Hall–Kier alpha value is -3.90. The van der Waals surface area contributed by atoms with E-state index in [-0.39, 0.29) is 11.6 Å². The van der Waals surface area contributed by atoms with Crippen LogP contribution < -0.4 is 16.4 Å². The van der Waals surface area contributed by atoms with Crippen LogP contribution in [0.25, 0.3) is 0 Å². The lowest BCUT2D eigenvalue weighted by atomic mass is 10.0. The van der Waals surface area contributed by atoms with E-state index >= 15 is 0 Å². The number of alkyl carbamates (subject to hydrolysis) is 1. The number of carboxylic acid groups (broad SMARTS) is 1. The summed E-state index contributed by atoms with van der Waals surface area (Å²) in [7, 11) is 0. The highest BCUT2D eigenvalue weighted by atomic mass is 32.1. The third kappa shape index (κ3) is 8.12. The second-order valence-electron chi connectivity index (χ2n) is 7.66. The van der Waals surface area contributed by atoms with E-state index in [0.717, 1.165) is 36.5 Å². The third-order valence-corrected chi connectivity index (χ3v) is 5.88. The van der Waals surface area contributed by atoms with Crippen LogP contribution >= 0.6 is 11.3 Å². The number of hydrogen-bond acceptors (Lipinski definition) is 10. The Labute approximate surface area is 205 Å². The number of carboxylic acids is 1. The zero-order valence-corrected chi connectivity index (χ0v) is 19.7. The number of ether oxygens (including phenoxy) is 1. The summed E-state index contributed by atoms with van der Waals surface area (Å²) in [4.78, 5) is 40.6. The molecule has 1 aromatic carbocycles. The topological polar surface area (TPSA) is 169 Å². The zero-order valence-electron chi connectivity index (χ0n) is 18.8. The number of amides is 1. The highest BCUT2D eigenvalue weighted by Crippen LogP contribution is 2.17. The number of pyridine rings is 1. The second-order valence-corrected chi connectivity index (χ2v) is 8.73. The van der Waals surface area contributed by atoms with Crippen LogP contribution in [0.2, 0.25) is 0 Å². The molecule has 35 heavy (non-hydrogen) atoms. The molecular formula is C23H26N6O5S. The van der Waals surface area contributed by atoms with Crippen molar-refractivity contribution < 1.29 is 24.2 Å². The number of hydrogen-bond donors (Lipinski definition) is 4. The number of Topliss-reactive ketones (excluding diaryl/α,β-unsaturated/α-hetero) is 1. The first kappa shape index (κ1) is 25.7. The largest absolute Gasteiger partial charge is 0.478 e. The van der Waals surface area contributed by atoms with Gasteiger partial charge in [0.05, 0.1) is 6.42 Å². The molecular weight excluding hydrogens is 472 g/mol. The minimum Gasteiger partial charge on any atom is -0.478 e. The molecule has 5 N–H and O–H groups in total. The maximum absolute atomic E-state index is 12.6. The number of benzene rings is 1. The van der Waals surface area contributed by atoms with Crippen molar-refractivity contribution >= 4 is 35.0 Å². The van der Waals surface area contributed by atoms with Gasteiger partial charge >= 0.3 is 12.1 Å². The number of rotatable bonds is 13. The number of aliphatic carboxylic acids is 1. The van der Waals surface area contributed by atoms with Gasteiger partial charge < -0.3 is 15.2 Å². The Morgan fingerprint density at radius 1 is 1.06 bits per heavy atom. The molecule has 3 aromatic rings. The monoisotopic (exact) mass is 498 g/mol. The summed E-state index contributed by atoms with van der Waals surface area (Å²) in [5, 5.41) is 23.4. The Morgan fingerprint density at radius 3 is 2.54 bits per heavy atom. The molecule has 1 amide bonds. The number of nitrogens with zero attached hydrogens (tertiary/aromatic N) is 3. The second kappa shape index (κ2) is 12.5. The minimum absolute atomic E-state index is 0.0298. The van der Waals surface area contributed by atoms with Crippen molar-refractivity contribution in [2.75, 3.05) is 11.9 Å². The quantitative estimate of drug-likeness (QED) is 0.156. The average molecular weight is 499 g/mol. The van der Waals surface area contributed by atoms with E-state index in [1.165, 1.54) is 0 Å². The Balaban J connectivity index is 1.46.